The minimum absolute atomic E-state index is 0.173. The first kappa shape index (κ1) is 21.2. The Morgan fingerprint density at radius 1 is 1.13 bits per heavy atom. The van der Waals surface area contributed by atoms with Gasteiger partial charge in [0.15, 0.2) is 0 Å². The summed E-state index contributed by atoms with van der Waals surface area (Å²) in [5, 5.41) is 0. The highest BCUT2D eigenvalue weighted by molar-refractivity contribution is 5.97. The molecule has 0 aliphatic carbocycles. The number of benzene rings is 2. The summed E-state index contributed by atoms with van der Waals surface area (Å²) >= 11 is 0. The van der Waals surface area contributed by atoms with Crippen molar-refractivity contribution in [3.05, 3.63) is 96.1 Å². The zero-order valence-electron chi connectivity index (χ0n) is 17.2. The molecule has 1 amide bonds. The number of carbonyl (C=O) groups is 1. The highest BCUT2D eigenvalue weighted by Gasteiger charge is 2.21. The van der Waals surface area contributed by atoms with E-state index in [9.17, 15) is 9.18 Å². The predicted octanol–water partition coefficient (Wildman–Crippen LogP) is 4.52. The van der Waals surface area contributed by atoms with Crippen LogP contribution in [0.2, 0.25) is 0 Å². The standard InChI is InChI=1S/C24H25FN2O3/c1-4-12-27(24(28)22-11-10-21(29-2)15-23(22)30-3)17-20-9-6-13-26(20)16-18-7-5-8-19(25)14-18/h4-11,13-15H,1,12,16-17H2,2-3H3. The third kappa shape index (κ3) is 4.89. The van der Waals surface area contributed by atoms with E-state index < -0.39 is 0 Å². The molecule has 0 bridgehead atoms. The summed E-state index contributed by atoms with van der Waals surface area (Å²) in [7, 11) is 3.08. The topological polar surface area (TPSA) is 43.7 Å². The molecule has 0 spiro atoms. The molecule has 0 unspecified atom stereocenters. The van der Waals surface area contributed by atoms with E-state index in [-0.39, 0.29) is 11.7 Å². The highest BCUT2D eigenvalue weighted by atomic mass is 19.1. The van der Waals surface area contributed by atoms with Crippen LogP contribution in [-0.4, -0.2) is 36.1 Å². The summed E-state index contributed by atoms with van der Waals surface area (Å²) in [4.78, 5) is 14.9. The lowest BCUT2D eigenvalue weighted by Crippen LogP contribution is -2.32. The van der Waals surface area contributed by atoms with Crippen molar-refractivity contribution in [3.63, 3.8) is 0 Å². The van der Waals surface area contributed by atoms with E-state index in [0.29, 0.717) is 36.7 Å². The second-order valence-corrected chi connectivity index (χ2v) is 6.80. The van der Waals surface area contributed by atoms with Crippen molar-refractivity contribution in [1.82, 2.24) is 9.47 Å². The third-order valence-corrected chi connectivity index (χ3v) is 4.79. The molecule has 1 aromatic heterocycles. The van der Waals surface area contributed by atoms with E-state index in [2.05, 4.69) is 6.58 Å². The molecule has 5 nitrogen and oxygen atoms in total. The Balaban J connectivity index is 1.84. The lowest BCUT2D eigenvalue weighted by molar-refractivity contribution is 0.0756. The van der Waals surface area contributed by atoms with Gasteiger partial charge < -0.3 is 18.9 Å². The maximum Gasteiger partial charge on any atom is 0.258 e. The van der Waals surface area contributed by atoms with Crippen LogP contribution in [0.4, 0.5) is 4.39 Å². The number of hydrogen-bond acceptors (Lipinski definition) is 3. The quantitative estimate of drug-likeness (QED) is 0.489. The summed E-state index contributed by atoms with van der Waals surface area (Å²) in [6.07, 6.45) is 3.61. The Hall–Kier alpha value is -3.54. The molecule has 0 fully saturated rings. The van der Waals surface area contributed by atoms with Crippen LogP contribution in [0.1, 0.15) is 21.6 Å². The second kappa shape index (κ2) is 9.78. The lowest BCUT2D eigenvalue weighted by atomic mass is 10.1. The minimum atomic E-state index is -0.267. The van der Waals surface area contributed by atoms with Crippen molar-refractivity contribution in [2.45, 2.75) is 13.1 Å². The van der Waals surface area contributed by atoms with Gasteiger partial charge in [-0.25, -0.2) is 4.39 Å². The van der Waals surface area contributed by atoms with Gasteiger partial charge in [-0.3, -0.25) is 4.79 Å². The average molecular weight is 408 g/mol. The van der Waals surface area contributed by atoms with Crippen LogP contribution in [0.25, 0.3) is 0 Å². The van der Waals surface area contributed by atoms with Crippen LogP contribution >= 0.6 is 0 Å². The monoisotopic (exact) mass is 408 g/mol. The summed E-state index contributed by atoms with van der Waals surface area (Å²) < 4.78 is 26.1. The van der Waals surface area contributed by atoms with Crippen molar-refractivity contribution in [2.75, 3.05) is 20.8 Å². The number of rotatable bonds is 9. The van der Waals surface area contributed by atoms with Gasteiger partial charge in [-0.05, 0) is 42.0 Å². The molecule has 0 saturated carbocycles. The fourth-order valence-electron chi connectivity index (χ4n) is 3.30. The molecular weight excluding hydrogens is 383 g/mol. The zero-order chi connectivity index (χ0) is 21.5. The third-order valence-electron chi connectivity index (χ3n) is 4.79. The first-order chi connectivity index (χ1) is 14.5. The van der Waals surface area contributed by atoms with Gasteiger partial charge in [0.25, 0.3) is 5.91 Å². The van der Waals surface area contributed by atoms with Gasteiger partial charge in [0, 0.05) is 31.0 Å². The van der Waals surface area contributed by atoms with Crippen LogP contribution in [0.3, 0.4) is 0 Å². The molecular formula is C24H25FN2O3. The van der Waals surface area contributed by atoms with Crippen LogP contribution in [0.15, 0.2) is 73.4 Å². The average Bonchev–Trinajstić information content (AvgIpc) is 3.19. The summed E-state index contributed by atoms with van der Waals surface area (Å²) in [6.45, 7) is 5.05. The molecule has 0 N–H and O–H groups in total. The molecule has 0 aliphatic heterocycles. The van der Waals surface area contributed by atoms with E-state index in [1.807, 2.05) is 29.0 Å². The molecule has 0 saturated heterocycles. The van der Waals surface area contributed by atoms with E-state index in [0.717, 1.165) is 11.3 Å². The maximum absolute atomic E-state index is 13.5. The fourth-order valence-corrected chi connectivity index (χ4v) is 3.30. The zero-order valence-corrected chi connectivity index (χ0v) is 17.2. The number of halogens is 1. The Kier molecular flexibility index (Phi) is 6.91. The summed E-state index contributed by atoms with van der Waals surface area (Å²) in [5.74, 6) is 0.621. The highest BCUT2D eigenvalue weighted by Crippen LogP contribution is 2.26. The second-order valence-electron chi connectivity index (χ2n) is 6.80. The molecule has 0 radical (unpaired) electrons. The smallest absolute Gasteiger partial charge is 0.258 e. The SMILES string of the molecule is C=CCN(Cc1cccn1Cc1cccc(F)c1)C(=O)c1ccc(OC)cc1OC. The van der Waals surface area contributed by atoms with E-state index in [1.165, 1.54) is 19.2 Å². The molecule has 3 aromatic rings. The molecule has 0 atom stereocenters. The largest absolute Gasteiger partial charge is 0.497 e. The number of amides is 1. The molecule has 2 aromatic carbocycles. The number of carbonyl (C=O) groups excluding carboxylic acids is 1. The molecule has 30 heavy (non-hydrogen) atoms. The van der Waals surface area contributed by atoms with Crippen molar-refractivity contribution in [2.24, 2.45) is 0 Å². The van der Waals surface area contributed by atoms with E-state index in [4.69, 9.17) is 9.47 Å². The van der Waals surface area contributed by atoms with Crippen LogP contribution < -0.4 is 9.47 Å². The molecule has 3 rings (SSSR count). The van der Waals surface area contributed by atoms with Gasteiger partial charge in [0.05, 0.1) is 26.3 Å². The fraction of sp³-hybridized carbons (Fsp3) is 0.208. The number of methoxy groups -OCH3 is 2. The lowest BCUT2D eigenvalue weighted by Gasteiger charge is -2.23. The van der Waals surface area contributed by atoms with Crippen molar-refractivity contribution < 1.29 is 18.7 Å². The number of aromatic nitrogens is 1. The molecule has 6 heteroatoms. The number of hydrogen-bond donors (Lipinski definition) is 0. The van der Waals surface area contributed by atoms with Gasteiger partial charge in [-0.15, -0.1) is 6.58 Å². The van der Waals surface area contributed by atoms with Gasteiger partial charge in [-0.1, -0.05) is 18.2 Å². The van der Waals surface area contributed by atoms with Crippen molar-refractivity contribution >= 4 is 5.91 Å². The predicted molar refractivity (Wildman–Crippen MR) is 114 cm³/mol. The molecule has 156 valence electrons. The Morgan fingerprint density at radius 3 is 2.67 bits per heavy atom. The van der Waals surface area contributed by atoms with Gasteiger partial charge in [0.1, 0.15) is 17.3 Å². The summed E-state index contributed by atoms with van der Waals surface area (Å²) in [6, 6.07) is 15.5. The normalized spacial score (nSPS) is 10.5. The Morgan fingerprint density at radius 2 is 1.97 bits per heavy atom. The Labute approximate surface area is 176 Å². The van der Waals surface area contributed by atoms with Gasteiger partial charge in [0.2, 0.25) is 0 Å². The Bertz CT molecular complexity index is 1030. The van der Waals surface area contributed by atoms with Gasteiger partial charge >= 0.3 is 0 Å². The first-order valence-corrected chi connectivity index (χ1v) is 9.56. The van der Waals surface area contributed by atoms with Crippen LogP contribution in [0.5, 0.6) is 11.5 Å². The van der Waals surface area contributed by atoms with Gasteiger partial charge in [-0.2, -0.15) is 0 Å². The van der Waals surface area contributed by atoms with Crippen LogP contribution in [0, 0.1) is 5.82 Å². The first-order valence-electron chi connectivity index (χ1n) is 9.56. The summed E-state index contributed by atoms with van der Waals surface area (Å²) in [5.41, 5.74) is 2.23. The van der Waals surface area contributed by atoms with Crippen LogP contribution in [-0.2, 0) is 13.1 Å². The number of ether oxygens (including phenoxy) is 2. The minimum Gasteiger partial charge on any atom is -0.497 e. The molecule has 0 aliphatic rings. The molecule has 1 heterocycles. The maximum atomic E-state index is 13.5. The number of nitrogens with zero attached hydrogens (tertiary/aromatic N) is 2. The van der Waals surface area contributed by atoms with E-state index >= 15 is 0 Å². The van der Waals surface area contributed by atoms with E-state index in [1.54, 1.807) is 42.4 Å². The van der Waals surface area contributed by atoms with Crippen molar-refractivity contribution in [3.8, 4) is 11.5 Å². The van der Waals surface area contributed by atoms with Crippen molar-refractivity contribution in [1.29, 1.82) is 0 Å².